The van der Waals surface area contributed by atoms with Crippen LogP contribution in [0.3, 0.4) is 0 Å². The van der Waals surface area contributed by atoms with Gasteiger partial charge in [-0.05, 0) is 68.4 Å². The summed E-state index contributed by atoms with van der Waals surface area (Å²) in [5.74, 6) is 1.28. The van der Waals surface area contributed by atoms with E-state index in [1.165, 1.54) is 29.0 Å². The van der Waals surface area contributed by atoms with Crippen molar-refractivity contribution in [1.82, 2.24) is 19.7 Å². The van der Waals surface area contributed by atoms with Gasteiger partial charge in [-0.15, -0.1) is 0 Å². The molecule has 3 aromatic rings. The van der Waals surface area contributed by atoms with Crippen molar-refractivity contribution in [3.8, 4) is 11.4 Å². The van der Waals surface area contributed by atoms with Crippen LogP contribution in [-0.2, 0) is 6.42 Å². The van der Waals surface area contributed by atoms with Crippen LogP contribution in [0.15, 0.2) is 55.1 Å². The van der Waals surface area contributed by atoms with Gasteiger partial charge < -0.3 is 9.64 Å². The molecule has 0 aliphatic carbocycles. The van der Waals surface area contributed by atoms with E-state index in [-0.39, 0.29) is 17.3 Å². The fourth-order valence-corrected chi connectivity index (χ4v) is 4.23. The first-order valence-electron chi connectivity index (χ1n) is 11.2. The number of nitrogens with zero attached hydrogens (tertiary/aromatic N) is 5. The van der Waals surface area contributed by atoms with Crippen LogP contribution in [0.25, 0.3) is 5.69 Å². The number of amides is 1. The van der Waals surface area contributed by atoms with Gasteiger partial charge in [0.25, 0.3) is 11.6 Å². The lowest BCUT2D eigenvalue weighted by atomic mass is 9.90. The summed E-state index contributed by atoms with van der Waals surface area (Å²) in [4.78, 5) is 29.7. The van der Waals surface area contributed by atoms with Crippen molar-refractivity contribution in [1.29, 1.82) is 0 Å². The van der Waals surface area contributed by atoms with Gasteiger partial charge in [0.15, 0.2) is 0 Å². The number of hydrogen-bond acceptors (Lipinski definition) is 6. The van der Waals surface area contributed by atoms with E-state index < -0.39 is 4.92 Å². The number of rotatable bonds is 8. The number of benzene rings is 2. The second kappa shape index (κ2) is 10.2. The molecular formula is C24H27N5O4. The summed E-state index contributed by atoms with van der Waals surface area (Å²) in [6, 6.07) is 12.7. The molecule has 33 heavy (non-hydrogen) atoms. The Hall–Kier alpha value is -3.75. The van der Waals surface area contributed by atoms with Crippen molar-refractivity contribution < 1.29 is 14.5 Å². The number of nitro benzene ring substituents is 1. The summed E-state index contributed by atoms with van der Waals surface area (Å²) >= 11 is 0. The van der Waals surface area contributed by atoms with Crippen LogP contribution >= 0.6 is 0 Å². The first kappa shape index (κ1) is 22.4. The Morgan fingerprint density at radius 2 is 1.94 bits per heavy atom. The highest BCUT2D eigenvalue weighted by Gasteiger charge is 2.26. The van der Waals surface area contributed by atoms with Crippen molar-refractivity contribution in [3.05, 3.63) is 76.4 Å². The van der Waals surface area contributed by atoms with Gasteiger partial charge in [0, 0.05) is 24.7 Å². The zero-order valence-electron chi connectivity index (χ0n) is 18.6. The Labute approximate surface area is 192 Å². The number of piperidine rings is 1. The summed E-state index contributed by atoms with van der Waals surface area (Å²) < 4.78 is 6.81. The van der Waals surface area contributed by atoms with Crippen LogP contribution in [-0.4, -0.2) is 50.2 Å². The molecule has 1 aliphatic heterocycles. The zero-order chi connectivity index (χ0) is 23.2. The van der Waals surface area contributed by atoms with Gasteiger partial charge in [0.05, 0.1) is 11.5 Å². The van der Waals surface area contributed by atoms with E-state index in [1.807, 2.05) is 19.1 Å². The normalized spacial score (nSPS) is 14.3. The Bertz CT molecular complexity index is 1090. The van der Waals surface area contributed by atoms with Crippen molar-refractivity contribution >= 4 is 11.6 Å². The number of carbonyl (C=O) groups excluding carboxylic acids is 1. The Balaban J connectivity index is 1.33. The lowest BCUT2D eigenvalue weighted by Gasteiger charge is -2.32. The summed E-state index contributed by atoms with van der Waals surface area (Å²) in [6.45, 7) is 3.95. The van der Waals surface area contributed by atoms with E-state index in [1.54, 1.807) is 17.0 Å². The maximum Gasteiger partial charge on any atom is 0.295 e. The van der Waals surface area contributed by atoms with Gasteiger partial charge in [-0.25, -0.2) is 9.67 Å². The lowest BCUT2D eigenvalue weighted by Crippen LogP contribution is -2.38. The summed E-state index contributed by atoms with van der Waals surface area (Å²) in [6.07, 6.45) is 6.64. The average Bonchev–Trinajstić information content (AvgIpc) is 3.38. The van der Waals surface area contributed by atoms with Crippen molar-refractivity contribution in [2.24, 2.45) is 5.92 Å². The van der Waals surface area contributed by atoms with Gasteiger partial charge in [-0.2, -0.15) is 5.10 Å². The van der Waals surface area contributed by atoms with Crippen LogP contribution < -0.4 is 4.74 Å². The highest BCUT2D eigenvalue weighted by Crippen LogP contribution is 2.27. The molecule has 1 amide bonds. The van der Waals surface area contributed by atoms with E-state index in [0.29, 0.717) is 31.2 Å². The molecule has 0 saturated carbocycles. The van der Waals surface area contributed by atoms with Crippen LogP contribution in [0.2, 0.25) is 0 Å². The topological polar surface area (TPSA) is 103 Å². The second-order valence-electron chi connectivity index (χ2n) is 8.15. The van der Waals surface area contributed by atoms with Crippen LogP contribution in [0.5, 0.6) is 5.75 Å². The van der Waals surface area contributed by atoms with Crippen molar-refractivity contribution in [2.75, 3.05) is 19.7 Å². The predicted molar refractivity (Wildman–Crippen MR) is 123 cm³/mol. The van der Waals surface area contributed by atoms with Crippen LogP contribution in [0.4, 0.5) is 5.69 Å². The third-order valence-electron chi connectivity index (χ3n) is 6.06. The summed E-state index contributed by atoms with van der Waals surface area (Å²) in [7, 11) is 0. The molecule has 2 heterocycles. The Kier molecular flexibility index (Phi) is 6.97. The van der Waals surface area contributed by atoms with Gasteiger partial charge in [0.1, 0.15) is 24.1 Å². The molecule has 0 N–H and O–H groups in total. The molecule has 4 rings (SSSR count). The number of carbonyl (C=O) groups is 1. The molecule has 9 nitrogen and oxygen atoms in total. The fraction of sp³-hybridized carbons (Fsp3) is 0.375. The molecule has 0 atom stereocenters. The number of likely N-dealkylation sites (tertiary alicyclic amines) is 1. The van der Waals surface area contributed by atoms with E-state index in [9.17, 15) is 14.9 Å². The van der Waals surface area contributed by atoms with Crippen molar-refractivity contribution in [3.63, 3.8) is 0 Å². The quantitative estimate of drug-likeness (QED) is 0.379. The molecule has 0 bridgehead atoms. The molecular weight excluding hydrogens is 422 g/mol. The third-order valence-corrected chi connectivity index (χ3v) is 6.06. The minimum absolute atomic E-state index is 0.170. The number of hydrogen-bond donors (Lipinski definition) is 0. The molecule has 172 valence electrons. The monoisotopic (exact) mass is 449 g/mol. The third kappa shape index (κ3) is 5.36. The molecule has 1 aliphatic rings. The fourth-order valence-electron chi connectivity index (χ4n) is 4.23. The maximum atomic E-state index is 13.0. The standard InChI is InChI=1S/C24H27N5O4/c1-2-33-21-8-5-18(6-9-21)3-4-19-11-13-27(14-12-19)24(30)20-7-10-22(23(15-20)29(31)32)28-17-25-16-26-28/h5-10,15-17,19H,2-4,11-14H2,1H3. The minimum Gasteiger partial charge on any atom is -0.494 e. The van der Waals surface area contributed by atoms with Gasteiger partial charge >= 0.3 is 0 Å². The smallest absolute Gasteiger partial charge is 0.295 e. The number of ether oxygens (including phenoxy) is 1. The average molecular weight is 450 g/mol. The summed E-state index contributed by atoms with van der Waals surface area (Å²) in [5.41, 5.74) is 1.72. The molecule has 1 saturated heterocycles. The molecule has 9 heteroatoms. The maximum absolute atomic E-state index is 13.0. The molecule has 0 unspecified atom stereocenters. The van der Waals surface area contributed by atoms with Gasteiger partial charge in [-0.1, -0.05) is 12.1 Å². The number of aromatic nitrogens is 3. The Morgan fingerprint density at radius 1 is 1.18 bits per heavy atom. The SMILES string of the molecule is CCOc1ccc(CCC2CCN(C(=O)c3ccc(-n4cncn4)c([N+](=O)[O-])c3)CC2)cc1. The first-order valence-corrected chi connectivity index (χ1v) is 11.2. The lowest BCUT2D eigenvalue weighted by molar-refractivity contribution is -0.384. The number of nitro groups is 1. The first-order chi connectivity index (χ1) is 16.0. The molecule has 0 spiro atoms. The molecule has 1 fully saturated rings. The highest BCUT2D eigenvalue weighted by molar-refractivity contribution is 5.95. The summed E-state index contributed by atoms with van der Waals surface area (Å²) in [5, 5.41) is 15.5. The van der Waals surface area contributed by atoms with E-state index in [2.05, 4.69) is 22.2 Å². The highest BCUT2D eigenvalue weighted by atomic mass is 16.6. The number of aryl methyl sites for hydroxylation is 1. The largest absolute Gasteiger partial charge is 0.494 e. The zero-order valence-corrected chi connectivity index (χ0v) is 18.6. The molecule has 2 aromatic carbocycles. The molecule has 1 aromatic heterocycles. The van der Waals surface area contributed by atoms with Gasteiger partial charge in [0.2, 0.25) is 0 Å². The van der Waals surface area contributed by atoms with E-state index in [0.717, 1.165) is 31.4 Å². The van der Waals surface area contributed by atoms with Crippen LogP contribution in [0.1, 0.15) is 42.1 Å². The second-order valence-corrected chi connectivity index (χ2v) is 8.15. The van der Waals surface area contributed by atoms with E-state index >= 15 is 0 Å². The Morgan fingerprint density at radius 3 is 2.58 bits per heavy atom. The van der Waals surface area contributed by atoms with E-state index in [4.69, 9.17) is 4.74 Å². The van der Waals surface area contributed by atoms with Gasteiger partial charge in [-0.3, -0.25) is 14.9 Å². The van der Waals surface area contributed by atoms with Crippen molar-refractivity contribution in [2.45, 2.75) is 32.6 Å². The predicted octanol–water partition coefficient (Wildman–Crippen LogP) is 4.06. The molecule has 0 radical (unpaired) electrons. The minimum atomic E-state index is -0.499. The van der Waals surface area contributed by atoms with Crippen LogP contribution in [0, 0.1) is 16.0 Å².